The maximum Gasteiger partial charge on any atom is 0.456 e. The van der Waals surface area contributed by atoms with E-state index in [1.807, 2.05) is 0 Å². The number of ether oxygens (including phenoxy) is 1. The molecule has 8 heteroatoms. The molecular formula is C6H7F7O. The van der Waals surface area contributed by atoms with E-state index < -0.39 is 31.2 Å². The lowest BCUT2D eigenvalue weighted by molar-refractivity contribution is -0.332. The highest BCUT2D eigenvalue weighted by Crippen LogP contribution is 2.41. The zero-order chi connectivity index (χ0) is 11.6. The molecule has 0 aromatic rings. The van der Waals surface area contributed by atoms with E-state index in [1.165, 1.54) is 0 Å². The van der Waals surface area contributed by atoms with Gasteiger partial charge in [0.1, 0.15) is 0 Å². The van der Waals surface area contributed by atoms with Gasteiger partial charge < -0.3 is 4.74 Å². The third-order valence-corrected chi connectivity index (χ3v) is 1.31. The van der Waals surface area contributed by atoms with Crippen molar-refractivity contribution in [2.45, 2.75) is 31.6 Å². The number of hydrogen-bond donors (Lipinski definition) is 0. The molecule has 0 aromatic carbocycles. The number of halogens is 7. The molecule has 1 nitrogen and oxygen atoms in total. The van der Waals surface area contributed by atoms with Crippen LogP contribution in [0.2, 0.25) is 0 Å². The van der Waals surface area contributed by atoms with Crippen molar-refractivity contribution in [3.8, 4) is 0 Å². The summed E-state index contributed by atoms with van der Waals surface area (Å²) in [6.07, 6.45) is -13.4. The lowest BCUT2D eigenvalue weighted by Gasteiger charge is -2.27. The summed E-state index contributed by atoms with van der Waals surface area (Å²) in [4.78, 5) is 0. The van der Waals surface area contributed by atoms with Crippen LogP contribution in [0.15, 0.2) is 0 Å². The average Bonchev–Trinajstić information content (AvgIpc) is 1.96. The first-order valence-corrected chi connectivity index (χ1v) is 3.48. The van der Waals surface area contributed by atoms with Crippen molar-refractivity contribution in [2.24, 2.45) is 0 Å². The van der Waals surface area contributed by atoms with Gasteiger partial charge >= 0.3 is 12.1 Å². The Morgan fingerprint density at radius 3 is 1.71 bits per heavy atom. The second kappa shape index (κ2) is 4.33. The monoisotopic (exact) mass is 228 g/mol. The van der Waals surface area contributed by atoms with Crippen molar-refractivity contribution >= 4 is 0 Å². The Balaban J connectivity index is 4.80. The molecule has 0 aliphatic carbocycles. The van der Waals surface area contributed by atoms with Crippen LogP contribution in [0.3, 0.4) is 0 Å². The second-order valence-corrected chi connectivity index (χ2v) is 2.33. The van der Waals surface area contributed by atoms with Crippen molar-refractivity contribution < 1.29 is 35.5 Å². The standard InChI is InChI=1S/C6H7F7O/c1-2-14-3(4(7)8)5(9,10)6(11,12)13/h3-4H,2H2,1H3. The van der Waals surface area contributed by atoms with Gasteiger partial charge in [0.15, 0.2) is 6.10 Å². The first-order valence-electron chi connectivity index (χ1n) is 3.48. The predicted octanol–water partition coefficient (Wildman–Crippen LogP) is 2.85. The lowest BCUT2D eigenvalue weighted by Crippen LogP contribution is -2.51. The molecule has 0 spiro atoms. The number of hydrogen-bond acceptors (Lipinski definition) is 1. The Hall–Kier alpha value is -0.530. The summed E-state index contributed by atoms with van der Waals surface area (Å²) in [6, 6.07) is 0. The number of rotatable bonds is 4. The molecule has 0 fully saturated rings. The summed E-state index contributed by atoms with van der Waals surface area (Å²) in [6.45, 7) is 0.391. The van der Waals surface area contributed by atoms with Crippen LogP contribution in [0.25, 0.3) is 0 Å². The summed E-state index contributed by atoms with van der Waals surface area (Å²) in [7, 11) is 0. The van der Waals surface area contributed by atoms with Gasteiger partial charge in [-0.15, -0.1) is 0 Å². The fourth-order valence-corrected chi connectivity index (χ4v) is 0.676. The zero-order valence-corrected chi connectivity index (χ0v) is 6.92. The third-order valence-electron chi connectivity index (χ3n) is 1.31. The van der Waals surface area contributed by atoms with Crippen LogP contribution >= 0.6 is 0 Å². The van der Waals surface area contributed by atoms with E-state index in [0.29, 0.717) is 0 Å². The lowest BCUT2D eigenvalue weighted by atomic mass is 10.2. The number of alkyl halides is 7. The van der Waals surface area contributed by atoms with Gasteiger partial charge in [-0.3, -0.25) is 0 Å². The Morgan fingerprint density at radius 2 is 1.50 bits per heavy atom. The molecule has 0 bridgehead atoms. The van der Waals surface area contributed by atoms with E-state index in [4.69, 9.17) is 0 Å². The largest absolute Gasteiger partial charge is 0.456 e. The highest BCUT2D eigenvalue weighted by Gasteiger charge is 2.65. The van der Waals surface area contributed by atoms with Gasteiger partial charge in [0, 0.05) is 6.61 Å². The zero-order valence-electron chi connectivity index (χ0n) is 6.92. The fraction of sp³-hybridized carbons (Fsp3) is 1.00. The van der Waals surface area contributed by atoms with Crippen LogP contribution in [0.4, 0.5) is 30.7 Å². The molecule has 0 aliphatic rings. The molecular weight excluding hydrogens is 221 g/mol. The highest BCUT2D eigenvalue weighted by molar-refractivity contribution is 4.86. The smallest absolute Gasteiger partial charge is 0.366 e. The molecule has 86 valence electrons. The molecule has 0 aromatic heterocycles. The first-order chi connectivity index (χ1) is 6.14. The van der Waals surface area contributed by atoms with Gasteiger partial charge in [-0.2, -0.15) is 22.0 Å². The van der Waals surface area contributed by atoms with Crippen molar-refractivity contribution in [2.75, 3.05) is 6.61 Å². The first kappa shape index (κ1) is 13.5. The Kier molecular flexibility index (Phi) is 4.16. The fourth-order valence-electron chi connectivity index (χ4n) is 0.676. The summed E-state index contributed by atoms with van der Waals surface area (Å²) in [5.74, 6) is -5.54. The van der Waals surface area contributed by atoms with Crippen molar-refractivity contribution in [3.05, 3.63) is 0 Å². The van der Waals surface area contributed by atoms with Crippen LogP contribution in [-0.2, 0) is 4.74 Å². The molecule has 1 atom stereocenters. The molecule has 0 saturated heterocycles. The van der Waals surface area contributed by atoms with Gasteiger partial charge in [0.25, 0.3) is 6.43 Å². The predicted molar refractivity (Wildman–Crippen MR) is 32.4 cm³/mol. The topological polar surface area (TPSA) is 9.23 Å². The van der Waals surface area contributed by atoms with Gasteiger partial charge in [0.2, 0.25) is 0 Å². The van der Waals surface area contributed by atoms with E-state index in [9.17, 15) is 30.7 Å². The van der Waals surface area contributed by atoms with E-state index in [2.05, 4.69) is 4.74 Å². The van der Waals surface area contributed by atoms with Crippen LogP contribution < -0.4 is 0 Å². The van der Waals surface area contributed by atoms with Crippen LogP contribution in [-0.4, -0.2) is 31.2 Å². The molecule has 0 heterocycles. The maximum absolute atomic E-state index is 12.3. The summed E-state index contributed by atoms with van der Waals surface area (Å²) in [5, 5.41) is 0. The molecule has 0 saturated carbocycles. The summed E-state index contributed by atoms with van der Waals surface area (Å²) >= 11 is 0. The summed E-state index contributed by atoms with van der Waals surface area (Å²) in [5.41, 5.74) is 0. The van der Waals surface area contributed by atoms with Crippen molar-refractivity contribution in [3.63, 3.8) is 0 Å². The van der Waals surface area contributed by atoms with Gasteiger partial charge in [-0.05, 0) is 6.92 Å². The molecule has 14 heavy (non-hydrogen) atoms. The maximum atomic E-state index is 12.3. The minimum atomic E-state index is -6.04. The average molecular weight is 228 g/mol. The van der Waals surface area contributed by atoms with Crippen LogP contribution in [0.5, 0.6) is 0 Å². The molecule has 0 aliphatic heterocycles. The molecule has 0 radical (unpaired) electrons. The SMILES string of the molecule is CCOC(C(F)F)C(F)(F)C(F)(F)F. The van der Waals surface area contributed by atoms with E-state index >= 15 is 0 Å². The molecule has 0 N–H and O–H groups in total. The third kappa shape index (κ3) is 2.73. The van der Waals surface area contributed by atoms with Gasteiger partial charge in [-0.1, -0.05) is 0 Å². The van der Waals surface area contributed by atoms with E-state index in [1.54, 1.807) is 0 Å². The molecule has 1 unspecified atom stereocenters. The van der Waals surface area contributed by atoms with Crippen LogP contribution in [0, 0.1) is 0 Å². The Bertz CT molecular complexity index is 176. The summed E-state index contributed by atoms with van der Waals surface area (Å²) < 4.78 is 86.7. The Labute approximate surface area is 74.8 Å². The van der Waals surface area contributed by atoms with E-state index in [0.717, 1.165) is 6.92 Å². The highest BCUT2D eigenvalue weighted by atomic mass is 19.4. The normalized spacial score (nSPS) is 16.1. The molecule has 0 rings (SSSR count). The second-order valence-electron chi connectivity index (χ2n) is 2.33. The quantitative estimate of drug-likeness (QED) is 0.672. The minimum Gasteiger partial charge on any atom is -0.366 e. The minimum absolute atomic E-state index is 0.652. The van der Waals surface area contributed by atoms with Crippen molar-refractivity contribution in [1.29, 1.82) is 0 Å². The van der Waals surface area contributed by atoms with Gasteiger partial charge in [-0.25, -0.2) is 8.78 Å². The van der Waals surface area contributed by atoms with Gasteiger partial charge in [0.05, 0.1) is 0 Å². The Morgan fingerprint density at radius 1 is 1.07 bits per heavy atom. The van der Waals surface area contributed by atoms with Crippen molar-refractivity contribution in [1.82, 2.24) is 0 Å². The van der Waals surface area contributed by atoms with Crippen LogP contribution in [0.1, 0.15) is 6.92 Å². The molecule has 0 amide bonds. The van der Waals surface area contributed by atoms with E-state index in [-0.39, 0.29) is 0 Å².